The molecule has 3 nitrogen and oxygen atoms in total. The number of hydrogen-bond acceptors (Lipinski definition) is 3. The zero-order chi connectivity index (χ0) is 13.4. The summed E-state index contributed by atoms with van der Waals surface area (Å²) in [6.07, 6.45) is 0.785. The predicted molar refractivity (Wildman–Crippen MR) is 73.2 cm³/mol. The van der Waals surface area contributed by atoms with E-state index in [1.165, 1.54) is 6.07 Å². The van der Waals surface area contributed by atoms with Gasteiger partial charge < -0.3 is 10.2 Å². The van der Waals surface area contributed by atoms with Gasteiger partial charge in [-0.05, 0) is 36.2 Å². The number of aromatic nitrogens is 1. The van der Waals surface area contributed by atoms with Crippen molar-refractivity contribution >= 4 is 16.8 Å². The van der Waals surface area contributed by atoms with Gasteiger partial charge in [-0.2, -0.15) is 0 Å². The largest absolute Gasteiger partial charge is 0.436 e. The Bertz CT molecular complexity index is 749. The van der Waals surface area contributed by atoms with Gasteiger partial charge in [-0.1, -0.05) is 19.1 Å². The molecule has 0 spiro atoms. The third-order valence-electron chi connectivity index (χ3n) is 3.07. The Balaban J connectivity index is 2.25. The molecule has 0 fully saturated rings. The van der Waals surface area contributed by atoms with Crippen LogP contribution < -0.4 is 5.73 Å². The van der Waals surface area contributed by atoms with E-state index in [0.29, 0.717) is 22.4 Å². The fourth-order valence-corrected chi connectivity index (χ4v) is 2.14. The van der Waals surface area contributed by atoms with Crippen LogP contribution in [0.15, 0.2) is 40.8 Å². The zero-order valence-electron chi connectivity index (χ0n) is 10.5. The molecule has 3 aromatic rings. The molecular formula is C15H13FN2O. The third-order valence-corrected chi connectivity index (χ3v) is 3.07. The molecule has 1 aromatic heterocycles. The summed E-state index contributed by atoms with van der Waals surface area (Å²) >= 11 is 0. The van der Waals surface area contributed by atoms with E-state index in [0.717, 1.165) is 12.0 Å². The Morgan fingerprint density at radius 2 is 2.05 bits per heavy atom. The second kappa shape index (κ2) is 4.39. The number of aryl methyl sites for hydroxylation is 1. The molecule has 4 heteroatoms. The van der Waals surface area contributed by atoms with Crippen LogP contribution in [0.3, 0.4) is 0 Å². The lowest BCUT2D eigenvalue weighted by molar-refractivity contribution is 0.591. The number of rotatable bonds is 2. The van der Waals surface area contributed by atoms with Gasteiger partial charge in [-0.3, -0.25) is 0 Å². The molecule has 0 saturated carbocycles. The summed E-state index contributed by atoms with van der Waals surface area (Å²) in [7, 11) is 0. The Labute approximate surface area is 109 Å². The Hall–Kier alpha value is -2.36. The molecule has 0 radical (unpaired) electrons. The minimum atomic E-state index is -0.347. The van der Waals surface area contributed by atoms with E-state index in [9.17, 15) is 4.39 Å². The molecule has 0 bridgehead atoms. The van der Waals surface area contributed by atoms with Crippen molar-refractivity contribution in [2.75, 3.05) is 5.73 Å². The van der Waals surface area contributed by atoms with Crippen LogP contribution in [0.1, 0.15) is 12.5 Å². The van der Waals surface area contributed by atoms with Gasteiger partial charge in [0.1, 0.15) is 11.3 Å². The van der Waals surface area contributed by atoms with Gasteiger partial charge in [0.15, 0.2) is 5.58 Å². The van der Waals surface area contributed by atoms with Crippen molar-refractivity contribution in [3.8, 4) is 11.5 Å². The number of oxazole rings is 1. The SMILES string of the molecule is CCc1cc(N)cc2nc(-c3ccccc3F)oc12. The van der Waals surface area contributed by atoms with Gasteiger partial charge in [0.25, 0.3) is 0 Å². The Morgan fingerprint density at radius 1 is 1.26 bits per heavy atom. The van der Waals surface area contributed by atoms with E-state index >= 15 is 0 Å². The first-order valence-electron chi connectivity index (χ1n) is 6.13. The summed E-state index contributed by atoms with van der Waals surface area (Å²) in [6, 6.07) is 10.0. The molecule has 2 N–H and O–H groups in total. The van der Waals surface area contributed by atoms with Crippen molar-refractivity contribution in [2.24, 2.45) is 0 Å². The molecule has 0 aliphatic heterocycles. The van der Waals surface area contributed by atoms with E-state index in [1.54, 1.807) is 24.3 Å². The maximum atomic E-state index is 13.7. The number of nitrogens with zero attached hydrogens (tertiary/aromatic N) is 1. The molecule has 19 heavy (non-hydrogen) atoms. The Morgan fingerprint density at radius 3 is 2.79 bits per heavy atom. The monoisotopic (exact) mass is 256 g/mol. The topological polar surface area (TPSA) is 52.0 Å². The molecule has 0 saturated heterocycles. The van der Waals surface area contributed by atoms with E-state index in [-0.39, 0.29) is 11.7 Å². The zero-order valence-corrected chi connectivity index (χ0v) is 10.5. The average molecular weight is 256 g/mol. The fraction of sp³-hybridized carbons (Fsp3) is 0.133. The van der Waals surface area contributed by atoms with Crippen molar-refractivity contribution in [1.82, 2.24) is 4.98 Å². The summed E-state index contributed by atoms with van der Waals surface area (Å²) in [4.78, 5) is 4.33. The van der Waals surface area contributed by atoms with E-state index in [2.05, 4.69) is 4.98 Å². The van der Waals surface area contributed by atoms with E-state index in [4.69, 9.17) is 10.2 Å². The molecule has 3 rings (SSSR count). The molecule has 0 atom stereocenters. The van der Waals surface area contributed by atoms with Crippen molar-refractivity contribution in [3.63, 3.8) is 0 Å². The summed E-state index contributed by atoms with van der Waals surface area (Å²) in [5.74, 6) is -0.0616. The van der Waals surface area contributed by atoms with Crippen LogP contribution in [0.5, 0.6) is 0 Å². The number of hydrogen-bond donors (Lipinski definition) is 1. The highest BCUT2D eigenvalue weighted by Crippen LogP contribution is 2.29. The summed E-state index contributed by atoms with van der Waals surface area (Å²) in [6.45, 7) is 2.01. The lowest BCUT2D eigenvalue weighted by atomic mass is 10.1. The maximum Gasteiger partial charge on any atom is 0.230 e. The summed E-state index contributed by atoms with van der Waals surface area (Å²) in [5.41, 5.74) is 9.13. The molecule has 2 aromatic carbocycles. The van der Waals surface area contributed by atoms with Crippen molar-refractivity contribution in [3.05, 3.63) is 47.8 Å². The van der Waals surface area contributed by atoms with E-state index < -0.39 is 0 Å². The van der Waals surface area contributed by atoms with Crippen molar-refractivity contribution < 1.29 is 8.81 Å². The molecule has 0 unspecified atom stereocenters. The Kier molecular flexibility index (Phi) is 2.71. The lowest BCUT2D eigenvalue weighted by Gasteiger charge is -1.99. The van der Waals surface area contributed by atoms with Crippen LogP contribution in [-0.4, -0.2) is 4.98 Å². The highest BCUT2D eigenvalue weighted by Gasteiger charge is 2.14. The smallest absolute Gasteiger partial charge is 0.230 e. The fourth-order valence-electron chi connectivity index (χ4n) is 2.14. The number of fused-ring (bicyclic) bond motifs is 1. The van der Waals surface area contributed by atoms with Crippen LogP contribution in [0.2, 0.25) is 0 Å². The highest BCUT2D eigenvalue weighted by molar-refractivity contribution is 5.82. The molecule has 0 amide bonds. The molecule has 0 aliphatic carbocycles. The molecular weight excluding hydrogens is 243 g/mol. The number of nitrogens with two attached hydrogens (primary N) is 1. The molecule has 1 heterocycles. The average Bonchev–Trinajstić information content (AvgIpc) is 2.81. The van der Waals surface area contributed by atoms with Gasteiger partial charge in [0.05, 0.1) is 5.56 Å². The van der Waals surface area contributed by atoms with Crippen LogP contribution in [0, 0.1) is 5.82 Å². The number of halogens is 1. The van der Waals surface area contributed by atoms with Gasteiger partial charge in [-0.25, -0.2) is 9.37 Å². The van der Waals surface area contributed by atoms with Crippen LogP contribution in [0.4, 0.5) is 10.1 Å². The first-order valence-corrected chi connectivity index (χ1v) is 6.13. The first kappa shape index (κ1) is 11.7. The predicted octanol–water partition coefficient (Wildman–Crippen LogP) is 3.78. The minimum absolute atomic E-state index is 0.286. The second-order valence-electron chi connectivity index (χ2n) is 4.38. The van der Waals surface area contributed by atoms with Gasteiger partial charge in [0.2, 0.25) is 5.89 Å². The summed E-state index contributed by atoms with van der Waals surface area (Å²) in [5, 5.41) is 0. The normalized spacial score (nSPS) is 11.1. The van der Waals surface area contributed by atoms with Crippen LogP contribution >= 0.6 is 0 Å². The van der Waals surface area contributed by atoms with Crippen LogP contribution in [-0.2, 0) is 6.42 Å². The van der Waals surface area contributed by atoms with E-state index in [1.807, 2.05) is 13.0 Å². The van der Waals surface area contributed by atoms with Gasteiger partial charge in [0, 0.05) is 5.69 Å². The number of anilines is 1. The highest BCUT2D eigenvalue weighted by atomic mass is 19.1. The second-order valence-corrected chi connectivity index (χ2v) is 4.38. The minimum Gasteiger partial charge on any atom is -0.436 e. The molecule has 0 aliphatic rings. The van der Waals surface area contributed by atoms with Crippen LogP contribution in [0.25, 0.3) is 22.6 Å². The van der Waals surface area contributed by atoms with Gasteiger partial charge >= 0.3 is 0 Å². The first-order chi connectivity index (χ1) is 9.19. The number of nitrogen functional groups attached to an aromatic ring is 1. The quantitative estimate of drug-likeness (QED) is 0.710. The van der Waals surface area contributed by atoms with Crippen molar-refractivity contribution in [1.29, 1.82) is 0 Å². The third kappa shape index (κ3) is 1.95. The standard InChI is InChI=1S/C15H13FN2O/c1-2-9-7-10(17)8-13-14(9)19-15(18-13)11-5-3-4-6-12(11)16/h3-8H,2,17H2,1H3. The molecule has 96 valence electrons. The number of benzene rings is 2. The lowest BCUT2D eigenvalue weighted by Crippen LogP contribution is -1.88. The van der Waals surface area contributed by atoms with Crippen molar-refractivity contribution in [2.45, 2.75) is 13.3 Å². The van der Waals surface area contributed by atoms with Gasteiger partial charge in [-0.15, -0.1) is 0 Å². The summed E-state index contributed by atoms with van der Waals surface area (Å²) < 4.78 is 19.4. The maximum absolute atomic E-state index is 13.7.